The number of nitrogens with zero attached hydrogens (tertiary/aromatic N) is 3. The number of benzene rings is 1. The van der Waals surface area contributed by atoms with Crippen LogP contribution in [0.4, 0.5) is 5.69 Å². The molecule has 1 saturated carbocycles. The van der Waals surface area contributed by atoms with E-state index in [-0.39, 0.29) is 47.8 Å². The first-order valence-corrected chi connectivity index (χ1v) is 15.9. The molecule has 11 nitrogen and oxygen atoms in total. The average molecular weight is 595 g/mol. The molecule has 0 radical (unpaired) electrons. The van der Waals surface area contributed by atoms with Gasteiger partial charge in [0.1, 0.15) is 18.1 Å². The summed E-state index contributed by atoms with van der Waals surface area (Å²) in [6.45, 7) is 9.32. The maximum atomic E-state index is 13.9. The third-order valence-corrected chi connectivity index (χ3v) is 9.41. The van der Waals surface area contributed by atoms with E-state index in [0.29, 0.717) is 24.9 Å². The van der Waals surface area contributed by atoms with E-state index in [2.05, 4.69) is 20.9 Å². The van der Waals surface area contributed by atoms with Crippen LogP contribution in [-0.4, -0.2) is 103 Å². The number of ketones is 1. The topological polar surface area (TPSA) is 131 Å². The molecule has 4 fully saturated rings. The normalized spacial score (nSPS) is 23.8. The molecule has 0 spiro atoms. The fourth-order valence-electron chi connectivity index (χ4n) is 7.31. The smallest absolute Gasteiger partial charge is 0.251 e. The van der Waals surface area contributed by atoms with Crippen LogP contribution in [0.2, 0.25) is 0 Å². The fraction of sp³-hybridized carbons (Fsp3) is 0.656. The lowest BCUT2D eigenvalue weighted by Crippen LogP contribution is -2.54. The van der Waals surface area contributed by atoms with Gasteiger partial charge in [-0.1, -0.05) is 26.7 Å². The van der Waals surface area contributed by atoms with Gasteiger partial charge in [0, 0.05) is 50.9 Å². The van der Waals surface area contributed by atoms with Crippen molar-refractivity contribution in [2.24, 2.45) is 11.8 Å². The lowest BCUT2D eigenvalue weighted by atomic mass is 9.96. The van der Waals surface area contributed by atoms with E-state index in [1.807, 2.05) is 26.0 Å². The second-order valence-corrected chi connectivity index (χ2v) is 12.9. The molecule has 3 aliphatic heterocycles. The first-order chi connectivity index (χ1) is 20.6. The summed E-state index contributed by atoms with van der Waals surface area (Å²) in [4.78, 5) is 71.7. The molecule has 3 heterocycles. The first kappa shape index (κ1) is 31.0. The third kappa shape index (κ3) is 6.87. The van der Waals surface area contributed by atoms with Crippen molar-refractivity contribution < 1.29 is 24.0 Å². The predicted molar refractivity (Wildman–Crippen MR) is 162 cm³/mol. The summed E-state index contributed by atoms with van der Waals surface area (Å²) in [5.41, 5.74) is 1.54. The molecule has 4 atom stereocenters. The maximum absolute atomic E-state index is 13.9. The van der Waals surface area contributed by atoms with Crippen molar-refractivity contribution in [1.29, 1.82) is 0 Å². The number of amides is 4. The maximum Gasteiger partial charge on any atom is 0.251 e. The molecule has 1 aliphatic carbocycles. The minimum Gasteiger partial charge on any atom is -0.369 e. The number of carbonyl (C=O) groups excluding carboxylic acids is 5. The molecule has 43 heavy (non-hydrogen) atoms. The van der Waals surface area contributed by atoms with Gasteiger partial charge in [-0.3, -0.25) is 24.0 Å². The summed E-state index contributed by atoms with van der Waals surface area (Å²) < 4.78 is 0. The van der Waals surface area contributed by atoms with Gasteiger partial charge in [-0.25, -0.2) is 0 Å². The van der Waals surface area contributed by atoms with Crippen molar-refractivity contribution in [2.45, 2.75) is 83.5 Å². The molecule has 3 saturated heterocycles. The Morgan fingerprint density at radius 3 is 2.21 bits per heavy atom. The molecule has 4 unspecified atom stereocenters. The van der Waals surface area contributed by atoms with Crippen LogP contribution in [0.15, 0.2) is 24.3 Å². The lowest BCUT2D eigenvalue weighted by molar-refractivity contribution is -0.139. The number of carbonyl (C=O) groups is 5. The zero-order chi connectivity index (χ0) is 30.7. The van der Waals surface area contributed by atoms with Gasteiger partial charge in [0.15, 0.2) is 5.78 Å². The number of likely N-dealkylation sites (tertiary alicyclic amines) is 2. The highest BCUT2D eigenvalue weighted by Gasteiger charge is 2.53. The number of hydrogen-bond acceptors (Lipinski definition) is 7. The van der Waals surface area contributed by atoms with Gasteiger partial charge in [-0.05, 0) is 61.8 Å². The molecule has 4 amide bonds. The predicted octanol–water partition coefficient (Wildman–Crippen LogP) is 1.32. The van der Waals surface area contributed by atoms with E-state index in [9.17, 15) is 24.0 Å². The minimum atomic E-state index is -0.790. The van der Waals surface area contributed by atoms with Gasteiger partial charge in [0.05, 0.1) is 12.6 Å². The molecule has 1 aromatic carbocycles. The average Bonchev–Trinajstić information content (AvgIpc) is 3.74. The Bertz CT molecular complexity index is 1210. The van der Waals surface area contributed by atoms with Crippen LogP contribution in [0.1, 0.15) is 69.7 Å². The monoisotopic (exact) mass is 594 g/mol. The van der Waals surface area contributed by atoms with Crippen molar-refractivity contribution in [2.75, 3.05) is 44.2 Å². The number of rotatable bonds is 9. The number of hydrogen-bond donors (Lipinski definition) is 3. The molecule has 3 N–H and O–H groups in total. The van der Waals surface area contributed by atoms with Gasteiger partial charge in [0.25, 0.3) is 5.91 Å². The Balaban J connectivity index is 1.27. The summed E-state index contributed by atoms with van der Waals surface area (Å²) in [5, 5.41) is 9.14. The van der Waals surface area contributed by atoms with Gasteiger partial charge in [-0.15, -0.1) is 0 Å². The van der Waals surface area contributed by atoms with E-state index in [1.54, 1.807) is 21.9 Å². The summed E-state index contributed by atoms with van der Waals surface area (Å²) >= 11 is 0. The van der Waals surface area contributed by atoms with Crippen molar-refractivity contribution in [1.82, 2.24) is 25.8 Å². The number of piperazine rings is 1. The van der Waals surface area contributed by atoms with E-state index in [0.717, 1.165) is 57.5 Å². The molecule has 11 heteroatoms. The molecular weight excluding hydrogens is 548 g/mol. The van der Waals surface area contributed by atoms with Crippen molar-refractivity contribution in [3.63, 3.8) is 0 Å². The number of nitrogens with one attached hydrogen (secondary N) is 3. The van der Waals surface area contributed by atoms with Gasteiger partial charge in [-0.2, -0.15) is 0 Å². The van der Waals surface area contributed by atoms with Crippen molar-refractivity contribution >= 4 is 35.1 Å². The summed E-state index contributed by atoms with van der Waals surface area (Å²) in [6.07, 6.45) is 4.69. The Kier molecular flexibility index (Phi) is 9.68. The lowest BCUT2D eigenvalue weighted by Gasteiger charge is -2.31. The molecule has 0 aromatic heterocycles. The molecule has 1 aromatic rings. The van der Waals surface area contributed by atoms with Crippen LogP contribution in [0.5, 0.6) is 0 Å². The van der Waals surface area contributed by atoms with Crippen LogP contribution in [0, 0.1) is 11.8 Å². The summed E-state index contributed by atoms with van der Waals surface area (Å²) in [5.74, 6) is -1.09. The van der Waals surface area contributed by atoms with Crippen LogP contribution < -0.4 is 20.9 Å². The Hall–Kier alpha value is -3.47. The van der Waals surface area contributed by atoms with E-state index in [1.165, 1.54) is 6.92 Å². The highest BCUT2D eigenvalue weighted by atomic mass is 16.2. The van der Waals surface area contributed by atoms with Crippen LogP contribution in [-0.2, 0) is 19.2 Å². The van der Waals surface area contributed by atoms with Gasteiger partial charge in [0.2, 0.25) is 17.7 Å². The van der Waals surface area contributed by atoms with Gasteiger partial charge >= 0.3 is 0 Å². The number of Topliss-reactive ketones (excluding diaryl/α,β-unsaturated/α-hetero) is 1. The summed E-state index contributed by atoms with van der Waals surface area (Å²) in [7, 11) is 0. The number of anilines is 1. The second kappa shape index (κ2) is 13.4. The van der Waals surface area contributed by atoms with E-state index < -0.39 is 24.2 Å². The number of fused-ring (bicyclic) bond motifs is 1. The standard InChI is InChI=1S/C32H46N6O5/c1-20(2)18-25(35-30(41)23-8-10-24(11-9-23)36-16-13-33-14-17-36)31(42)37-15-12-26-29(37)27(40)19-38(26)32(43)28(34-21(3)39)22-6-4-5-7-22/h8-11,20,22,25-26,28-29,33H,4-7,12-19H2,1-3H3,(H,34,39)(H,35,41). The van der Waals surface area contributed by atoms with Crippen molar-refractivity contribution in [3.05, 3.63) is 29.8 Å². The molecular formula is C32H46N6O5. The Labute approximate surface area is 254 Å². The Morgan fingerprint density at radius 2 is 1.58 bits per heavy atom. The minimum absolute atomic E-state index is 0.0567. The highest BCUT2D eigenvalue weighted by molar-refractivity contribution is 6.01. The molecule has 4 aliphatic rings. The summed E-state index contributed by atoms with van der Waals surface area (Å²) in [6, 6.07) is 4.85. The zero-order valence-corrected chi connectivity index (χ0v) is 25.6. The molecule has 5 rings (SSSR count). The first-order valence-electron chi connectivity index (χ1n) is 15.9. The third-order valence-electron chi connectivity index (χ3n) is 9.41. The quantitative estimate of drug-likeness (QED) is 0.393. The van der Waals surface area contributed by atoms with E-state index >= 15 is 0 Å². The van der Waals surface area contributed by atoms with Crippen LogP contribution in [0.25, 0.3) is 0 Å². The molecule has 0 bridgehead atoms. The molecule has 234 valence electrons. The van der Waals surface area contributed by atoms with E-state index in [4.69, 9.17) is 0 Å². The zero-order valence-electron chi connectivity index (χ0n) is 25.6. The SMILES string of the molecule is CC(=O)NC(C(=O)N1CC(=O)C2C1CCN2C(=O)C(CC(C)C)NC(=O)c1ccc(N2CCNCC2)cc1)C1CCCC1. The second-order valence-electron chi connectivity index (χ2n) is 12.9. The largest absolute Gasteiger partial charge is 0.369 e. The fourth-order valence-corrected chi connectivity index (χ4v) is 7.31. The van der Waals surface area contributed by atoms with Gasteiger partial charge < -0.3 is 30.7 Å². The Morgan fingerprint density at radius 1 is 0.907 bits per heavy atom. The highest BCUT2D eigenvalue weighted by Crippen LogP contribution is 2.34. The van der Waals surface area contributed by atoms with Crippen LogP contribution in [0.3, 0.4) is 0 Å². The van der Waals surface area contributed by atoms with Crippen LogP contribution >= 0.6 is 0 Å². The van der Waals surface area contributed by atoms with Crippen molar-refractivity contribution in [3.8, 4) is 0 Å².